The molecule has 5 heteroatoms. The van der Waals surface area contributed by atoms with E-state index in [-0.39, 0.29) is 5.91 Å². The molecule has 0 atom stereocenters. The van der Waals surface area contributed by atoms with Crippen molar-refractivity contribution in [3.8, 4) is 0 Å². The molecule has 0 spiro atoms. The Morgan fingerprint density at radius 3 is 2.73 bits per heavy atom. The molecule has 0 saturated carbocycles. The maximum absolute atomic E-state index is 12.0. The molecule has 26 heavy (non-hydrogen) atoms. The Morgan fingerprint density at radius 2 is 2.00 bits per heavy atom. The van der Waals surface area contributed by atoms with Crippen molar-refractivity contribution >= 4 is 22.6 Å². The van der Waals surface area contributed by atoms with Crippen LogP contribution in [-0.2, 0) is 13.0 Å². The fraction of sp³-hybridized carbons (Fsp3) is 0.333. The number of fused-ring (bicyclic) bond motifs is 1. The number of aromatic amines is 1. The largest absolute Gasteiger partial charge is 0.366 e. The van der Waals surface area contributed by atoms with Crippen LogP contribution in [0.1, 0.15) is 46.6 Å². The van der Waals surface area contributed by atoms with E-state index in [9.17, 15) is 4.79 Å². The second-order valence-corrected chi connectivity index (χ2v) is 6.57. The predicted molar refractivity (Wildman–Crippen MR) is 107 cm³/mol. The summed E-state index contributed by atoms with van der Waals surface area (Å²) >= 11 is 0. The predicted octanol–water partition coefficient (Wildman–Crippen LogP) is 4.10. The second-order valence-electron chi connectivity index (χ2n) is 6.57. The quantitative estimate of drug-likeness (QED) is 0.627. The number of H-pyrrole nitrogens is 1. The van der Waals surface area contributed by atoms with Crippen molar-refractivity contribution in [2.45, 2.75) is 40.7 Å². The van der Waals surface area contributed by atoms with Crippen LogP contribution in [0.15, 0.2) is 30.5 Å². The third-order valence-corrected chi connectivity index (χ3v) is 4.67. The highest BCUT2D eigenvalue weighted by molar-refractivity contribution is 5.94. The van der Waals surface area contributed by atoms with Crippen molar-refractivity contribution in [3.63, 3.8) is 0 Å². The first-order valence-corrected chi connectivity index (χ1v) is 9.12. The first-order chi connectivity index (χ1) is 12.5. The van der Waals surface area contributed by atoms with E-state index in [0.29, 0.717) is 24.5 Å². The van der Waals surface area contributed by atoms with Gasteiger partial charge in [-0.15, -0.1) is 0 Å². The highest BCUT2D eigenvalue weighted by Crippen LogP contribution is 2.27. The number of aromatic nitrogens is 2. The van der Waals surface area contributed by atoms with Crippen LogP contribution in [0.3, 0.4) is 0 Å². The number of nitrogens with one attached hydrogen (secondary N) is 3. The number of carbonyl (C=O) groups excluding carboxylic acids is 1. The lowest BCUT2D eigenvalue weighted by Crippen LogP contribution is -2.22. The van der Waals surface area contributed by atoms with Crippen molar-refractivity contribution in [2.75, 3.05) is 11.9 Å². The molecule has 0 fully saturated rings. The lowest BCUT2D eigenvalue weighted by atomic mass is 10.0. The molecule has 0 bridgehead atoms. The number of aryl methyl sites for hydroxylation is 3. The van der Waals surface area contributed by atoms with Gasteiger partial charge in [0.1, 0.15) is 5.82 Å². The Labute approximate surface area is 154 Å². The van der Waals surface area contributed by atoms with Crippen molar-refractivity contribution in [2.24, 2.45) is 0 Å². The average molecular weight is 350 g/mol. The maximum atomic E-state index is 12.0. The number of benzene rings is 1. The van der Waals surface area contributed by atoms with Crippen molar-refractivity contribution in [3.05, 3.63) is 58.4 Å². The molecule has 2 heterocycles. The number of carbonyl (C=O) groups is 1. The van der Waals surface area contributed by atoms with Crippen molar-refractivity contribution in [1.82, 2.24) is 15.3 Å². The SMILES string of the molecule is CCNC(=O)c1ccnc(NCc2cc(C)cc3c(C)c(CC)[nH]c23)c1. The Kier molecular flexibility index (Phi) is 5.26. The second kappa shape index (κ2) is 7.60. The van der Waals surface area contributed by atoms with Gasteiger partial charge in [-0.1, -0.05) is 18.6 Å². The maximum Gasteiger partial charge on any atom is 0.251 e. The molecular formula is C21H26N4O. The summed E-state index contributed by atoms with van der Waals surface area (Å²) < 4.78 is 0. The summed E-state index contributed by atoms with van der Waals surface area (Å²) in [6.07, 6.45) is 2.65. The topological polar surface area (TPSA) is 69.8 Å². The summed E-state index contributed by atoms with van der Waals surface area (Å²) in [6.45, 7) is 9.62. The fourth-order valence-corrected chi connectivity index (χ4v) is 3.32. The van der Waals surface area contributed by atoms with E-state index in [4.69, 9.17) is 0 Å². The zero-order chi connectivity index (χ0) is 18.7. The number of nitrogens with zero attached hydrogens (tertiary/aromatic N) is 1. The van der Waals surface area contributed by atoms with Crippen LogP contribution in [0.2, 0.25) is 0 Å². The first kappa shape index (κ1) is 18.0. The third kappa shape index (κ3) is 3.57. The minimum Gasteiger partial charge on any atom is -0.366 e. The van der Waals surface area contributed by atoms with E-state index in [1.54, 1.807) is 18.3 Å². The average Bonchev–Trinajstić information content (AvgIpc) is 2.96. The Bertz CT molecular complexity index is 943. The summed E-state index contributed by atoms with van der Waals surface area (Å²) in [5, 5.41) is 7.44. The van der Waals surface area contributed by atoms with Gasteiger partial charge in [0.05, 0.1) is 5.52 Å². The Hall–Kier alpha value is -2.82. The minimum absolute atomic E-state index is 0.0801. The number of hydrogen-bond acceptors (Lipinski definition) is 3. The molecule has 0 aliphatic rings. The van der Waals surface area contributed by atoms with E-state index in [2.05, 4.69) is 53.5 Å². The number of amides is 1. The summed E-state index contributed by atoms with van der Waals surface area (Å²) in [6, 6.07) is 7.94. The zero-order valence-corrected chi connectivity index (χ0v) is 15.9. The normalized spacial score (nSPS) is 10.9. The van der Waals surface area contributed by atoms with Crippen LogP contribution in [0.5, 0.6) is 0 Å². The Morgan fingerprint density at radius 1 is 1.19 bits per heavy atom. The molecule has 0 aliphatic carbocycles. The molecule has 1 aromatic carbocycles. The van der Waals surface area contributed by atoms with Gasteiger partial charge >= 0.3 is 0 Å². The molecule has 3 rings (SSSR count). The molecule has 0 unspecified atom stereocenters. The molecule has 2 aromatic heterocycles. The van der Waals surface area contributed by atoms with Crippen LogP contribution in [0, 0.1) is 13.8 Å². The molecule has 5 nitrogen and oxygen atoms in total. The van der Waals surface area contributed by atoms with E-state index in [1.807, 2.05) is 6.92 Å². The van der Waals surface area contributed by atoms with Gasteiger partial charge in [-0.25, -0.2) is 4.98 Å². The molecule has 1 amide bonds. The van der Waals surface area contributed by atoms with Gasteiger partial charge in [-0.05, 0) is 56.5 Å². The third-order valence-electron chi connectivity index (χ3n) is 4.67. The van der Waals surface area contributed by atoms with Gasteiger partial charge in [-0.2, -0.15) is 0 Å². The molecule has 0 radical (unpaired) electrons. The number of rotatable bonds is 6. The lowest BCUT2D eigenvalue weighted by molar-refractivity contribution is 0.0956. The zero-order valence-electron chi connectivity index (χ0n) is 15.9. The van der Waals surface area contributed by atoms with Gasteiger partial charge < -0.3 is 15.6 Å². The van der Waals surface area contributed by atoms with Crippen LogP contribution in [-0.4, -0.2) is 22.4 Å². The van der Waals surface area contributed by atoms with Crippen molar-refractivity contribution < 1.29 is 4.79 Å². The monoisotopic (exact) mass is 350 g/mol. The minimum atomic E-state index is -0.0801. The van der Waals surface area contributed by atoms with E-state index in [1.165, 1.54) is 33.3 Å². The van der Waals surface area contributed by atoms with Gasteiger partial charge in [0.25, 0.3) is 5.91 Å². The van der Waals surface area contributed by atoms with Gasteiger partial charge in [-0.3, -0.25) is 4.79 Å². The smallest absolute Gasteiger partial charge is 0.251 e. The number of hydrogen-bond donors (Lipinski definition) is 3. The number of anilines is 1. The van der Waals surface area contributed by atoms with Crippen LogP contribution in [0.25, 0.3) is 10.9 Å². The van der Waals surface area contributed by atoms with Crippen molar-refractivity contribution in [1.29, 1.82) is 0 Å². The fourth-order valence-electron chi connectivity index (χ4n) is 3.32. The lowest BCUT2D eigenvalue weighted by Gasteiger charge is -2.10. The van der Waals surface area contributed by atoms with Gasteiger partial charge in [0.2, 0.25) is 0 Å². The molecule has 3 aromatic rings. The van der Waals surface area contributed by atoms with Gasteiger partial charge in [0, 0.05) is 35.9 Å². The summed E-state index contributed by atoms with van der Waals surface area (Å²) in [7, 11) is 0. The standard InChI is InChI=1S/C21H26N4O/c1-5-18-14(4)17-10-13(3)9-16(20(17)25-18)12-24-19-11-15(7-8-23-19)21(26)22-6-2/h7-11,25H,5-6,12H2,1-4H3,(H,22,26)(H,23,24). The highest BCUT2D eigenvalue weighted by Gasteiger charge is 2.11. The summed E-state index contributed by atoms with van der Waals surface area (Å²) in [5.41, 5.74) is 6.84. The first-order valence-electron chi connectivity index (χ1n) is 9.12. The van der Waals surface area contributed by atoms with Crippen LogP contribution < -0.4 is 10.6 Å². The molecule has 3 N–H and O–H groups in total. The van der Waals surface area contributed by atoms with E-state index >= 15 is 0 Å². The van der Waals surface area contributed by atoms with Crippen LogP contribution >= 0.6 is 0 Å². The van der Waals surface area contributed by atoms with E-state index < -0.39 is 0 Å². The molecule has 0 saturated heterocycles. The number of pyridine rings is 1. The summed E-state index contributed by atoms with van der Waals surface area (Å²) in [5.74, 6) is 0.617. The summed E-state index contributed by atoms with van der Waals surface area (Å²) in [4.78, 5) is 19.9. The van der Waals surface area contributed by atoms with Crippen LogP contribution in [0.4, 0.5) is 5.82 Å². The van der Waals surface area contributed by atoms with E-state index in [0.717, 1.165) is 6.42 Å². The molecule has 136 valence electrons. The molecule has 0 aliphatic heterocycles. The highest BCUT2D eigenvalue weighted by atomic mass is 16.1. The Balaban J connectivity index is 1.86. The molecular weight excluding hydrogens is 324 g/mol. The van der Waals surface area contributed by atoms with Gasteiger partial charge in [0.15, 0.2) is 0 Å².